The van der Waals surface area contributed by atoms with Crippen LogP contribution < -0.4 is 0 Å². The van der Waals surface area contributed by atoms with E-state index in [4.69, 9.17) is 0 Å². The second-order valence-electron chi connectivity index (χ2n) is 3.99. The Balaban J connectivity index is 2.15. The molecule has 1 aromatic rings. The van der Waals surface area contributed by atoms with Gasteiger partial charge in [0.05, 0.1) is 0 Å². The summed E-state index contributed by atoms with van der Waals surface area (Å²) >= 11 is 0. The third kappa shape index (κ3) is 2.87. The van der Waals surface area contributed by atoms with Crippen LogP contribution in [-0.4, -0.2) is 5.78 Å². The highest BCUT2D eigenvalue weighted by Crippen LogP contribution is 2.17. The Morgan fingerprint density at radius 3 is 2.82 bits per heavy atom. The standard InChI is InChI=1S/C14H12F2O/c15-12-6-7-13(16)11(8-12)9-14(17)10-4-2-1-3-5-10/h1-2,4,6-8H,3,5,9H2. The summed E-state index contributed by atoms with van der Waals surface area (Å²) in [5, 5.41) is 0. The zero-order chi connectivity index (χ0) is 12.3. The molecule has 0 saturated heterocycles. The minimum absolute atomic E-state index is 0.0801. The minimum Gasteiger partial charge on any atom is -0.294 e. The van der Waals surface area contributed by atoms with Crippen LogP contribution in [0.15, 0.2) is 42.0 Å². The Morgan fingerprint density at radius 1 is 1.29 bits per heavy atom. The van der Waals surface area contributed by atoms with Gasteiger partial charge in [0.1, 0.15) is 11.6 Å². The van der Waals surface area contributed by atoms with Crippen LogP contribution in [-0.2, 0) is 11.2 Å². The molecule has 1 aliphatic carbocycles. The Bertz CT molecular complexity index is 501. The zero-order valence-corrected chi connectivity index (χ0v) is 9.25. The molecule has 0 aromatic heterocycles. The van der Waals surface area contributed by atoms with Crippen LogP contribution in [0, 0.1) is 11.6 Å². The number of hydrogen-bond donors (Lipinski definition) is 0. The van der Waals surface area contributed by atoms with Crippen molar-refractivity contribution in [3.05, 3.63) is 59.2 Å². The van der Waals surface area contributed by atoms with Gasteiger partial charge in [-0.05, 0) is 42.2 Å². The molecule has 0 radical (unpaired) electrons. The number of halogens is 2. The van der Waals surface area contributed by atoms with Crippen molar-refractivity contribution < 1.29 is 13.6 Å². The van der Waals surface area contributed by atoms with Crippen LogP contribution in [0.3, 0.4) is 0 Å². The zero-order valence-electron chi connectivity index (χ0n) is 9.25. The monoisotopic (exact) mass is 234 g/mol. The highest BCUT2D eigenvalue weighted by Gasteiger charge is 2.14. The quantitative estimate of drug-likeness (QED) is 0.783. The molecule has 0 heterocycles. The molecule has 0 amide bonds. The predicted molar refractivity (Wildman–Crippen MR) is 61.5 cm³/mol. The van der Waals surface area contributed by atoms with Crippen molar-refractivity contribution in [3.63, 3.8) is 0 Å². The molecule has 0 atom stereocenters. The fraction of sp³-hybridized carbons (Fsp3) is 0.214. The lowest BCUT2D eigenvalue weighted by Crippen LogP contribution is -2.09. The Kier molecular flexibility index (Phi) is 3.47. The third-order valence-electron chi connectivity index (χ3n) is 2.73. The number of hydrogen-bond acceptors (Lipinski definition) is 1. The van der Waals surface area contributed by atoms with E-state index in [2.05, 4.69) is 0 Å². The van der Waals surface area contributed by atoms with Gasteiger partial charge in [-0.15, -0.1) is 0 Å². The first kappa shape index (κ1) is 11.7. The first-order valence-corrected chi connectivity index (χ1v) is 5.49. The van der Waals surface area contributed by atoms with Gasteiger partial charge in [-0.3, -0.25) is 4.79 Å². The molecule has 1 nitrogen and oxygen atoms in total. The molecule has 0 spiro atoms. The van der Waals surface area contributed by atoms with E-state index >= 15 is 0 Å². The van der Waals surface area contributed by atoms with Gasteiger partial charge in [-0.25, -0.2) is 8.78 Å². The first-order chi connectivity index (χ1) is 8.16. The number of rotatable bonds is 3. The van der Waals surface area contributed by atoms with E-state index in [-0.39, 0.29) is 17.8 Å². The molecule has 0 bridgehead atoms. The highest BCUT2D eigenvalue weighted by molar-refractivity contribution is 5.97. The molecular weight excluding hydrogens is 222 g/mol. The van der Waals surface area contributed by atoms with Gasteiger partial charge in [0.25, 0.3) is 0 Å². The summed E-state index contributed by atoms with van der Waals surface area (Å²) in [7, 11) is 0. The van der Waals surface area contributed by atoms with E-state index in [9.17, 15) is 13.6 Å². The van der Waals surface area contributed by atoms with Crippen molar-refractivity contribution >= 4 is 5.78 Å². The van der Waals surface area contributed by atoms with Gasteiger partial charge in [-0.2, -0.15) is 0 Å². The largest absolute Gasteiger partial charge is 0.294 e. The maximum Gasteiger partial charge on any atom is 0.163 e. The van der Waals surface area contributed by atoms with Crippen LogP contribution in [0.2, 0.25) is 0 Å². The molecule has 0 aliphatic heterocycles. The van der Waals surface area contributed by atoms with Crippen LogP contribution in [0.4, 0.5) is 8.78 Å². The Morgan fingerprint density at radius 2 is 2.12 bits per heavy atom. The second-order valence-corrected chi connectivity index (χ2v) is 3.99. The van der Waals surface area contributed by atoms with E-state index in [1.54, 1.807) is 6.08 Å². The molecule has 0 fully saturated rings. The van der Waals surface area contributed by atoms with Crippen LogP contribution in [0.25, 0.3) is 0 Å². The average Bonchev–Trinajstić information content (AvgIpc) is 2.35. The normalized spacial score (nSPS) is 14.6. The lowest BCUT2D eigenvalue weighted by Gasteiger charge is -2.08. The molecule has 1 aliphatic rings. The van der Waals surface area contributed by atoms with Gasteiger partial charge in [0.2, 0.25) is 0 Å². The molecule has 17 heavy (non-hydrogen) atoms. The van der Waals surface area contributed by atoms with Crippen molar-refractivity contribution in [1.29, 1.82) is 0 Å². The lowest BCUT2D eigenvalue weighted by atomic mass is 9.96. The van der Waals surface area contributed by atoms with E-state index in [1.807, 2.05) is 12.2 Å². The molecule has 0 N–H and O–H groups in total. The Hall–Kier alpha value is -1.77. The summed E-state index contributed by atoms with van der Waals surface area (Å²) < 4.78 is 26.3. The Labute approximate surface area is 98.5 Å². The molecular formula is C14H12F2O. The summed E-state index contributed by atoms with van der Waals surface area (Å²) in [5.74, 6) is -1.20. The van der Waals surface area contributed by atoms with Crippen LogP contribution >= 0.6 is 0 Å². The van der Waals surface area contributed by atoms with Gasteiger partial charge >= 0.3 is 0 Å². The van der Waals surface area contributed by atoms with E-state index in [1.165, 1.54) is 0 Å². The number of carbonyl (C=O) groups is 1. The van der Waals surface area contributed by atoms with Crippen molar-refractivity contribution in [1.82, 2.24) is 0 Å². The van der Waals surface area contributed by atoms with E-state index in [0.717, 1.165) is 24.6 Å². The van der Waals surface area contributed by atoms with Crippen molar-refractivity contribution in [2.75, 3.05) is 0 Å². The molecule has 2 rings (SSSR count). The molecule has 0 saturated carbocycles. The van der Waals surface area contributed by atoms with Crippen LogP contribution in [0.5, 0.6) is 0 Å². The summed E-state index contributed by atoms with van der Waals surface area (Å²) in [5.41, 5.74) is 0.793. The SMILES string of the molecule is O=C(Cc1cc(F)ccc1F)C1=CC=CCC1. The summed E-state index contributed by atoms with van der Waals surface area (Å²) in [6, 6.07) is 3.17. The topological polar surface area (TPSA) is 17.1 Å². The fourth-order valence-corrected chi connectivity index (χ4v) is 1.80. The number of carbonyl (C=O) groups excluding carboxylic acids is 1. The molecule has 3 heteroatoms. The van der Waals surface area contributed by atoms with Gasteiger partial charge in [0, 0.05) is 6.42 Å². The lowest BCUT2D eigenvalue weighted by molar-refractivity contribution is -0.115. The second kappa shape index (κ2) is 5.04. The predicted octanol–water partition coefficient (Wildman–Crippen LogP) is 3.35. The van der Waals surface area contributed by atoms with Gasteiger partial charge in [0.15, 0.2) is 5.78 Å². The maximum absolute atomic E-state index is 13.3. The summed E-state index contributed by atoms with van der Waals surface area (Å²) in [4.78, 5) is 11.8. The average molecular weight is 234 g/mol. The van der Waals surface area contributed by atoms with Crippen molar-refractivity contribution in [2.45, 2.75) is 19.3 Å². The van der Waals surface area contributed by atoms with E-state index < -0.39 is 11.6 Å². The van der Waals surface area contributed by atoms with Gasteiger partial charge < -0.3 is 0 Å². The molecule has 88 valence electrons. The minimum atomic E-state index is -0.535. The van der Waals surface area contributed by atoms with Crippen molar-refractivity contribution in [3.8, 4) is 0 Å². The maximum atomic E-state index is 13.3. The van der Waals surface area contributed by atoms with Gasteiger partial charge in [-0.1, -0.05) is 18.2 Å². The molecule has 1 aromatic carbocycles. The fourth-order valence-electron chi connectivity index (χ4n) is 1.80. The third-order valence-corrected chi connectivity index (χ3v) is 2.73. The molecule has 0 unspecified atom stereocenters. The number of ketones is 1. The number of allylic oxidation sites excluding steroid dienone is 4. The number of Topliss-reactive ketones (excluding diaryl/α,β-unsaturated/α-hetero) is 1. The van der Waals surface area contributed by atoms with E-state index in [0.29, 0.717) is 12.0 Å². The number of benzene rings is 1. The van der Waals surface area contributed by atoms with Crippen molar-refractivity contribution in [2.24, 2.45) is 0 Å². The smallest absolute Gasteiger partial charge is 0.163 e. The summed E-state index contributed by atoms with van der Waals surface area (Å²) in [6.07, 6.45) is 6.94. The summed E-state index contributed by atoms with van der Waals surface area (Å²) in [6.45, 7) is 0. The highest BCUT2D eigenvalue weighted by atomic mass is 19.1. The van der Waals surface area contributed by atoms with Crippen LogP contribution in [0.1, 0.15) is 18.4 Å². The first-order valence-electron chi connectivity index (χ1n) is 5.49.